The van der Waals surface area contributed by atoms with Gasteiger partial charge in [-0.15, -0.1) is 0 Å². The Balaban J connectivity index is 2.11. The molecule has 0 bridgehead atoms. The number of nitrogens with zero attached hydrogens (tertiary/aromatic N) is 1. The molecule has 70 valence electrons. The quantitative estimate of drug-likeness (QED) is 0.419. The molecule has 2 fully saturated rings. The first-order valence-corrected chi connectivity index (χ1v) is 4.48. The Morgan fingerprint density at radius 3 is 2.17 bits per heavy atom. The molecule has 4 nitrogen and oxygen atoms in total. The monoisotopic (exact) mass is 173 g/mol. The van der Waals surface area contributed by atoms with Gasteiger partial charge in [0.25, 0.3) is 0 Å². The zero-order valence-corrected chi connectivity index (χ0v) is 6.93. The van der Waals surface area contributed by atoms with E-state index >= 15 is 0 Å². The number of fused-ring (bicyclic) bond motifs is 1. The summed E-state index contributed by atoms with van der Waals surface area (Å²) in [5.74, 6) is 0. The van der Waals surface area contributed by atoms with Crippen LogP contribution in [0, 0.1) is 0 Å². The molecular weight excluding hydrogens is 158 g/mol. The molecule has 2 heterocycles. The molecule has 2 saturated heterocycles. The average Bonchev–Trinajstić information content (AvgIpc) is 2.41. The minimum absolute atomic E-state index is 0.228. The second-order valence-corrected chi connectivity index (χ2v) is 3.73. The van der Waals surface area contributed by atoms with Crippen molar-refractivity contribution in [2.24, 2.45) is 0 Å². The highest BCUT2D eigenvalue weighted by atomic mass is 16.3. The molecule has 2 aliphatic rings. The maximum atomic E-state index is 9.57. The van der Waals surface area contributed by atoms with Crippen LogP contribution in [0.25, 0.3) is 0 Å². The molecular formula is C8H15NO3. The van der Waals surface area contributed by atoms with Crippen molar-refractivity contribution in [2.45, 2.75) is 37.2 Å². The summed E-state index contributed by atoms with van der Waals surface area (Å²) in [6.07, 6.45) is -0.552. The lowest BCUT2D eigenvalue weighted by atomic mass is 9.95. The molecule has 0 spiro atoms. The predicted molar refractivity (Wildman–Crippen MR) is 42.6 cm³/mol. The van der Waals surface area contributed by atoms with Gasteiger partial charge in [0.1, 0.15) is 0 Å². The molecule has 2 aliphatic heterocycles. The summed E-state index contributed by atoms with van der Waals surface area (Å²) in [6.45, 7) is 1.63. The second kappa shape index (κ2) is 2.96. The molecule has 0 saturated carbocycles. The number of hydrogen-bond donors (Lipinski definition) is 3. The fraction of sp³-hybridized carbons (Fsp3) is 1.00. The molecule has 0 unspecified atom stereocenters. The van der Waals surface area contributed by atoms with Gasteiger partial charge in [0.15, 0.2) is 0 Å². The zero-order chi connectivity index (χ0) is 8.72. The van der Waals surface area contributed by atoms with Crippen molar-refractivity contribution in [3.05, 3.63) is 0 Å². The van der Waals surface area contributed by atoms with Crippen LogP contribution in [0.4, 0.5) is 0 Å². The van der Waals surface area contributed by atoms with Gasteiger partial charge in [0.05, 0.1) is 24.4 Å². The van der Waals surface area contributed by atoms with E-state index in [1.54, 1.807) is 0 Å². The van der Waals surface area contributed by atoms with Crippen LogP contribution in [0.1, 0.15) is 12.8 Å². The van der Waals surface area contributed by atoms with Crippen LogP contribution in [0.2, 0.25) is 0 Å². The summed E-state index contributed by atoms with van der Waals surface area (Å²) < 4.78 is 0. The van der Waals surface area contributed by atoms with Crippen molar-refractivity contribution in [1.82, 2.24) is 4.90 Å². The molecule has 4 heteroatoms. The fourth-order valence-electron chi connectivity index (χ4n) is 2.26. The van der Waals surface area contributed by atoms with Gasteiger partial charge in [-0.3, -0.25) is 4.90 Å². The van der Waals surface area contributed by atoms with E-state index in [1.165, 1.54) is 0 Å². The first-order valence-electron chi connectivity index (χ1n) is 4.48. The van der Waals surface area contributed by atoms with Crippen LogP contribution in [-0.4, -0.2) is 57.7 Å². The minimum Gasteiger partial charge on any atom is -0.391 e. The number of aliphatic hydroxyl groups excluding tert-OH is 3. The Kier molecular flexibility index (Phi) is 2.08. The fourth-order valence-corrected chi connectivity index (χ4v) is 2.26. The molecule has 0 aromatic carbocycles. The summed E-state index contributed by atoms with van der Waals surface area (Å²) in [5.41, 5.74) is 0. The lowest BCUT2D eigenvalue weighted by Gasteiger charge is -2.37. The zero-order valence-electron chi connectivity index (χ0n) is 6.93. The summed E-state index contributed by atoms with van der Waals surface area (Å²) in [5, 5.41) is 28.4. The van der Waals surface area contributed by atoms with Crippen LogP contribution in [0.3, 0.4) is 0 Å². The normalized spacial score (nSPS) is 49.2. The number of piperidine rings is 1. The highest BCUT2D eigenvalue weighted by Crippen LogP contribution is 2.27. The molecule has 3 N–H and O–H groups in total. The third-order valence-corrected chi connectivity index (χ3v) is 2.98. The molecule has 0 radical (unpaired) electrons. The lowest BCUT2D eigenvalue weighted by Crippen LogP contribution is -2.55. The first kappa shape index (κ1) is 8.44. The minimum atomic E-state index is -0.767. The van der Waals surface area contributed by atoms with Crippen LogP contribution >= 0.6 is 0 Å². The molecule has 0 amide bonds. The van der Waals surface area contributed by atoms with E-state index in [0.29, 0.717) is 12.8 Å². The Labute approximate surface area is 71.4 Å². The Morgan fingerprint density at radius 2 is 1.50 bits per heavy atom. The number of aliphatic hydroxyl groups is 3. The molecule has 0 aliphatic carbocycles. The van der Waals surface area contributed by atoms with E-state index in [4.69, 9.17) is 0 Å². The van der Waals surface area contributed by atoms with Gasteiger partial charge in [-0.05, 0) is 12.8 Å². The first-order chi connectivity index (χ1) is 5.70. The van der Waals surface area contributed by atoms with E-state index in [2.05, 4.69) is 4.90 Å². The van der Waals surface area contributed by atoms with Gasteiger partial charge >= 0.3 is 0 Å². The maximum Gasteiger partial charge on any atom is 0.0979 e. The van der Waals surface area contributed by atoms with Crippen LogP contribution in [-0.2, 0) is 0 Å². The third kappa shape index (κ3) is 1.15. The predicted octanol–water partition coefficient (Wildman–Crippen LogP) is -1.45. The van der Waals surface area contributed by atoms with Crippen molar-refractivity contribution in [1.29, 1.82) is 0 Å². The lowest BCUT2D eigenvalue weighted by molar-refractivity contribution is -0.0861. The third-order valence-electron chi connectivity index (χ3n) is 2.98. The van der Waals surface area contributed by atoms with Crippen LogP contribution in [0.5, 0.6) is 0 Å². The summed E-state index contributed by atoms with van der Waals surface area (Å²) in [6, 6.07) is -0.228. The van der Waals surface area contributed by atoms with Gasteiger partial charge in [-0.1, -0.05) is 0 Å². The van der Waals surface area contributed by atoms with Crippen molar-refractivity contribution in [3.8, 4) is 0 Å². The Bertz CT molecular complexity index is 176. The Morgan fingerprint density at radius 1 is 0.917 bits per heavy atom. The van der Waals surface area contributed by atoms with E-state index in [-0.39, 0.29) is 6.04 Å². The van der Waals surface area contributed by atoms with Crippen molar-refractivity contribution in [2.75, 3.05) is 13.1 Å². The van der Waals surface area contributed by atoms with Crippen molar-refractivity contribution >= 4 is 0 Å². The largest absolute Gasteiger partial charge is 0.391 e. The smallest absolute Gasteiger partial charge is 0.0979 e. The SMILES string of the molecule is O[C@H]1[C@H]2[C@H](O)CCN2CC[C@@H]1O. The van der Waals surface area contributed by atoms with E-state index in [1.807, 2.05) is 0 Å². The Hall–Kier alpha value is -0.160. The highest BCUT2D eigenvalue weighted by Gasteiger charge is 2.43. The summed E-state index contributed by atoms with van der Waals surface area (Å²) in [7, 11) is 0. The standard InChI is InChI=1S/C8H15NO3/c10-5-1-3-9-4-2-6(11)8(12)7(5)9/h5-8,10-12H,1-4H2/t5-,6+,7-,8-/m1/s1. The van der Waals surface area contributed by atoms with Gasteiger partial charge in [-0.2, -0.15) is 0 Å². The highest BCUT2D eigenvalue weighted by molar-refractivity contribution is 4.98. The van der Waals surface area contributed by atoms with Crippen LogP contribution < -0.4 is 0 Å². The van der Waals surface area contributed by atoms with E-state index in [9.17, 15) is 15.3 Å². The molecule has 2 rings (SSSR count). The average molecular weight is 173 g/mol. The number of rotatable bonds is 0. The topological polar surface area (TPSA) is 63.9 Å². The molecule has 0 aromatic rings. The second-order valence-electron chi connectivity index (χ2n) is 3.73. The van der Waals surface area contributed by atoms with E-state index in [0.717, 1.165) is 13.1 Å². The van der Waals surface area contributed by atoms with Gasteiger partial charge in [-0.25, -0.2) is 0 Å². The van der Waals surface area contributed by atoms with Crippen molar-refractivity contribution in [3.63, 3.8) is 0 Å². The summed E-state index contributed by atoms with van der Waals surface area (Å²) >= 11 is 0. The van der Waals surface area contributed by atoms with Gasteiger partial charge in [0.2, 0.25) is 0 Å². The van der Waals surface area contributed by atoms with Gasteiger partial charge in [0, 0.05) is 13.1 Å². The molecule has 12 heavy (non-hydrogen) atoms. The molecule has 4 atom stereocenters. The maximum absolute atomic E-state index is 9.57. The van der Waals surface area contributed by atoms with Gasteiger partial charge < -0.3 is 15.3 Å². The van der Waals surface area contributed by atoms with Crippen LogP contribution in [0.15, 0.2) is 0 Å². The van der Waals surface area contributed by atoms with E-state index < -0.39 is 18.3 Å². The molecule has 0 aromatic heterocycles. The number of hydrogen-bond acceptors (Lipinski definition) is 4. The summed E-state index contributed by atoms with van der Waals surface area (Å²) in [4.78, 5) is 2.06. The van der Waals surface area contributed by atoms with Crippen molar-refractivity contribution < 1.29 is 15.3 Å².